The van der Waals surface area contributed by atoms with Crippen LogP contribution in [0.2, 0.25) is 0 Å². The average Bonchev–Trinajstić information content (AvgIpc) is 3.08. The molecule has 6 aromatic carbocycles. The molecule has 0 aliphatic rings. The van der Waals surface area contributed by atoms with E-state index in [1.54, 1.807) is 0 Å². The predicted octanol–water partition coefficient (Wildman–Crippen LogP) is 11.0. The molecule has 0 bridgehead atoms. The first-order valence-electron chi connectivity index (χ1n) is 13.7. The molecule has 0 saturated carbocycles. The largest absolute Gasteiger partial charge is 0.0560 e. The summed E-state index contributed by atoms with van der Waals surface area (Å²) in [5.74, 6) is 0. The van der Waals surface area contributed by atoms with Crippen molar-refractivity contribution in [3.63, 3.8) is 0 Å². The lowest BCUT2D eigenvalue weighted by Gasteiger charge is -2.34. The van der Waals surface area contributed by atoms with Gasteiger partial charge in [-0.3, -0.25) is 0 Å². The number of rotatable bonds is 0. The van der Waals surface area contributed by atoms with Gasteiger partial charge in [0.15, 0.2) is 0 Å². The smallest absolute Gasteiger partial charge is 0.00106 e. The van der Waals surface area contributed by atoms with Crippen molar-refractivity contribution in [2.24, 2.45) is 0 Å². The van der Waals surface area contributed by atoms with Crippen LogP contribution in [0.4, 0.5) is 0 Å². The molecule has 0 unspecified atom stereocenters. The molecule has 6 rings (SSSR count). The highest BCUT2D eigenvalue weighted by Crippen LogP contribution is 2.56. The van der Waals surface area contributed by atoms with Crippen LogP contribution in [-0.2, 0) is 21.7 Å². The molecule has 0 fully saturated rings. The monoisotopic (exact) mass is 474 g/mol. The predicted molar refractivity (Wildman–Crippen MR) is 162 cm³/mol. The molecule has 0 aromatic heterocycles. The summed E-state index contributed by atoms with van der Waals surface area (Å²) in [6.45, 7) is 28.8. The molecule has 0 saturated heterocycles. The van der Waals surface area contributed by atoms with E-state index in [9.17, 15) is 0 Å². The van der Waals surface area contributed by atoms with E-state index in [2.05, 4.69) is 119 Å². The van der Waals surface area contributed by atoms with Gasteiger partial charge >= 0.3 is 0 Å². The maximum absolute atomic E-state index is 2.48. The van der Waals surface area contributed by atoms with Gasteiger partial charge in [-0.1, -0.05) is 119 Å². The molecule has 0 amide bonds. The highest BCUT2D eigenvalue weighted by Gasteiger charge is 2.36. The van der Waals surface area contributed by atoms with Crippen LogP contribution >= 0.6 is 0 Å². The van der Waals surface area contributed by atoms with E-state index < -0.39 is 0 Å². The summed E-state index contributed by atoms with van der Waals surface area (Å²) in [6.07, 6.45) is 0. The fourth-order valence-electron chi connectivity index (χ4n) is 7.55. The van der Waals surface area contributed by atoms with Crippen molar-refractivity contribution in [3.8, 4) is 0 Å². The molecular formula is C36H42. The fourth-order valence-corrected chi connectivity index (χ4v) is 7.55. The van der Waals surface area contributed by atoms with Gasteiger partial charge in [-0.05, 0) is 97.8 Å². The Morgan fingerprint density at radius 2 is 0.528 bits per heavy atom. The third-order valence-electron chi connectivity index (χ3n) is 8.47. The van der Waals surface area contributed by atoms with E-state index in [0.29, 0.717) is 0 Å². The van der Waals surface area contributed by atoms with Crippen LogP contribution in [0.15, 0.2) is 36.4 Å². The summed E-state index contributed by atoms with van der Waals surface area (Å²) < 4.78 is 0. The second-order valence-corrected chi connectivity index (χ2v) is 15.5. The summed E-state index contributed by atoms with van der Waals surface area (Å²) in [7, 11) is 0. The highest BCUT2D eigenvalue weighted by molar-refractivity contribution is 6.45. The van der Waals surface area contributed by atoms with E-state index in [-0.39, 0.29) is 21.7 Å². The minimum Gasteiger partial charge on any atom is -0.0560 e. The Kier molecular flexibility index (Phi) is 4.38. The molecular weight excluding hydrogens is 432 g/mol. The topological polar surface area (TPSA) is 0 Å². The molecule has 0 aliphatic heterocycles. The molecule has 0 radical (unpaired) electrons. The van der Waals surface area contributed by atoms with Crippen LogP contribution in [0.3, 0.4) is 0 Å². The summed E-state index contributed by atoms with van der Waals surface area (Å²) in [5, 5.41) is 14.7. The van der Waals surface area contributed by atoms with Crippen molar-refractivity contribution in [3.05, 3.63) is 58.7 Å². The van der Waals surface area contributed by atoms with Crippen LogP contribution in [0.1, 0.15) is 105 Å². The van der Waals surface area contributed by atoms with Gasteiger partial charge in [-0.2, -0.15) is 0 Å². The molecule has 0 heteroatoms. The third-order valence-corrected chi connectivity index (χ3v) is 8.47. The standard InChI is InChI=1S/C36H42/c1-33(2,3)29-20-15-13-19-14-16-21-26-24(19)25(20)27-22(31(29)35(7,8)9)17-18-23(28(26)27)32(36(10,11)12)30(21)34(4,5)6/h13-18H,1-12H3. The lowest BCUT2D eigenvalue weighted by Crippen LogP contribution is -2.23. The first-order valence-corrected chi connectivity index (χ1v) is 13.7. The Morgan fingerprint density at radius 3 is 0.778 bits per heavy atom. The van der Waals surface area contributed by atoms with Crippen LogP contribution in [0, 0.1) is 0 Å². The van der Waals surface area contributed by atoms with Crippen molar-refractivity contribution < 1.29 is 0 Å². The van der Waals surface area contributed by atoms with Crippen molar-refractivity contribution in [1.29, 1.82) is 0 Å². The number of benzene rings is 5. The van der Waals surface area contributed by atoms with Gasteiger partial charge < -0.3 is 0 Å². The summed E-state index contributed by atoms with van der Waals surface area (Å²) in [6, 6.07) is 14.6. The average molecular weight is 475 g/mol. The first kappa shape index (κ1) is 23.8. The maximum atomic E-state index is 2.48. The van der Waals surface area contributed by atoms with Crippen LogP contribution < -0.4 is 0 Å². The molecule has 0 heterocycles. The van der Waals surface area contributed by atoms with Gasteiger partial charge in [0.25, 0.3) is 0 Å². The van der Waals surface area contributed by atoms with E-state index in [0.717, 1.165) is 0 Å². The number of hydrogen-bond donors (Lipinski definition) is 0. The molecule has 36 heavy (non-hydrogen) atoms. The van der Waals surface area contributed by atoms with Crippen molar-refractivity contribution in [2.45, 2.75) is 105 Å². The van der Waals surface area contributed by atoms with Gasteiger partial charge in [0.1, 0.15) is 0 Å². The lowest BCUT2D eigenvalue weighted by molar-refractivity contribution is 0.538. The zero-order valence-electron chi connectivity index (χ0n) is 24.5. The lowest BCUT2D eigenvalue weighted by atomic mass is 9.69. The minimum atomic E-state index is 0.0472. The summed E-state index contributed by atoms with van der Waals surface area (Å²) >= 11 is 0. The Balaban J connectivity index is 2.07. The minimum absolute atomic E-state index is 0.0472. The normalized spacial score (nSPS) is 14.7. The van der Waals surface area contributed by atoms with Crippen LogP contribution in [0.5, 0.6) is 0 Å². The molecule has 0 nitrogen and oxygen atoms in total. The van der Waals surface area contributed by atoms with Crippen molar-refractivity contribution in [1.82, 2.24) is 0 Å². The second-order valence-electron chi connectivity index (χ2n) is 15.5. The van der Waals surface area contributed by atoms with Gasteiger partial charge in [0, 0.05) is 0 Å². The molecule has 186 valence electrons. The molecule has 0 N–H and O–H groups in total. The van der Waals surface area contributed by atoms with Crippen LogP contribution in [-0.4, -0.2) is 0 Å². The first-order chi connectivity index (χ1) is 16.4. The van der Waals surface area contributed by atoms with E-state index in [1.165, 1.54) is 76.1 Å². The number of hydrogen-bond acceptors (Lipinski definition) is 0. The zero-order valence-corrected chi connectivity index (χ0v) is 24.5. The zero-order chi connectivity index (χ0) is 26.3. The van der Waals surface area contributed by atoms with E-state index in [4.69, 9.17) is 0 Å². The molecule has 6 aromatic rings. The van der Waals surface area contributed by atoms with E-state index >= 15 is 0 Å². The Bertz CT molecular complexity index is 1650. The van der Waals surface area contributed by atoms with Gasteiger partial charge in [-0.25, -0.2) is 0 Å². The van der Waals surface area contributed by atoms with Gasteiger partial charge in [0.05, 0.1) is 0 Å². The Morgan fingerprint density at radius 1 is 0.306 bits per heavy atom. The summed E-state index contributed by atoms with van der Waals surface area (Å²) in [5.41, 5.74) is 6.29. The highest BCUT2D eigenvalue weighted by atomic mass is 14.4. The fraction of sp³-hybridized carbons (Fsp3) is 0.444. The third kappa shape index (κ3) is 2.88. The molecule has 0 aliphatic carbocycles. The van der Waals surface area contributed by atoms with Gasteiger partial charge in [0.2, 0.25) is 0 Å². The van der Waals surface area contributed by atoms with E-state index in [1.807, 2.05) is 0 Å². The Hall–Kier alpha value is -2.60. The van der Waals surface area contributed by atoms with Crippen LogP contribution in [0.25, 0.3) is 53.9 Å². The van der Waals surface area contributed by atoms with Crippen molar-refractivity contribution >= 4 is 53.9 Å². The van der Waals surface area contributed by atoms with Gasteiger partial charge in [-0.15, -0.1) is 0 Å². The second kappa shape index (κ2) is 6.63. The SMILES string of the molecule is CC(C)(C)c1c(C(C)(C)C)c2ccc3c(C(C)(C)C)c(C(C)(C)C)c4ccc5ccc1c1c5c4c3c21. The maximum Gasteiger partial charge on any atom is -0.00106 e. The molecule has 0 atom stereocenters. The molecule has 0 spiro atoms. The quantitative estimate of drug-likeness (QED) is 0.192. The van der Waals surface area contributed by atoms with Crippen molar-refractivity contribution in [2.75, 3.05) is 0 Å². The summed E-state index contributed by atoms with van der Waals surface area (Å²) in [4.78, 5) is 0. The Labute approximate surface area is 217 Å².